The van der Waals surface area contributed by atoms with Gasteiger partial charge in [-0.05, 0) is 31.0 Å². The highest BCUT2D eigenvalue weighted by Gasteiger charge is 2.24. The molecule has 0 saturated carbocycles. The van der Waals surface area contributed by atoms with Gasteiger partial charge in [-0.3, -0.25) is 10.1 Å². The maximum absolute atomic E-state index is 11.1. The van der Waals surface area contributed by atoms with Gasteiger partial charge in [0.15, 0.2) is 0 Å². The first-order valence-corrected chi connectivity index (χ1v) is 6.52. The van der Waals surface area contributed by atoms with Crippen LogP contribution in [0.5, 0.6) is 0 Å². The number of nitrogens with zero attached hydrogens (tertiary/aromatic N) is 1. The van der Waals surface area contributed by atoms with Gasteiger partial charge in [-0.2, -0.15) is 0 Å². The molecular weight excluding hydrogens is 280 g/mol. The summed E-state index contributed by atoms with van der Waals surface area (Å²) in [5.41, 5.74) is 7.68. The van der Waals surface area contributed by atoms with Gasteiger partial charge in [0.05, 0.1) is 16.2 Å². The number of aryl methyl sites for hydroxylation is 1. The molecule has 0 radical (unpaired) electrons. The highest BCUT2D eigenvalue weighted by atomic mass is 32.1. The molecule has 104 valence electrons. The van der Waals surface area contributed by atoms with E-state index < -0.39 is 10.9 Å². The van der Waals surface area contributed by atoms with Gasteiger partial charge < -0.3 is 10.8 Å². The molecule has 0 amide bonds. The van der Waals surface area contributed by atoms with Crippen LogP contribution in [0.2, 0.25) is 0 Å². The van der Waals surface area contributed by atoms with Crippen molar-refractivity contribution in [2.24, 2.45) is 0 Å². The smallest absolute Gasteiger partial charge is 0.348 e. The molecule has 6 nitrogen and oxygen atoms in total. The van der Waals surface area contributed by atoms with E-state index in [2.05, 4.69) is 0 Å². The fourth-order valence-corrected chi connectivity index (χ4v) is 3.02. The Morgan fingerprint density at radius 1 is 1.40 bits per heavy atom. The molecule has 3 N–H and O–H groups in total. The van der Waals surface area contributed by atoms with Crippen LogP contribution in [0.3, 0.4) is 0 Å². The normalized spacial score (nSPS) is 10.5. The Labute approximate surface area is 118 Å². The summed E-state index contributed by atoms with van der Waals surface area (Å²) in [5.74, 6) is -1.13. The van der Waals surface area contributed by atoms with Gasteiger partial charge in [-0.15, -0.1) is 11.3 Å². The standard InChI is InChI=1S/C13H12N2O4S/c1-6-3-4-9(15(18)19)8(5-6)11-7(2)10(14)12(20-11)13(16)17/h3-5H,14H2,1-2H3,(H,16,17). The molecule has 0 aliphatic carbocycles. The summed E-state index contributed by atoms with van der Waals surface area (Å²) in [5, 5.41) is 20.2. The Bertz CT molecular complexity index is 721. The minimum absolute atomic E-state index is 0.00769. The fraction of sp³-hybridized carbons (Fsp3) is 0.154. The highest BCUT2D eigenvalue weighted by Crippen LogP contribution is 2.42. The Morgan fingerprint density at radius 3 is 2.55 bits per heavy atom. The Balaban J connectivity index is 2.74. The van der Waals surface area contributed by atoms with Crippen molar-refractivity contribution in [1.82, 2.24) is 0 Å². The van der Waals surface area contributed by atoms with Crippen molar-refractivity contribution in [3.8, 4) is 10.4 Å². The molecule has 0 saturated heterocycles. The molecule has 1 aromatic heterocycles. The number of rotatable bonds is 3. The van der Waals surface area contributed by atoms with Gasteiger partial charge in [0.2, 0.25) is 0 Å². The van der Waals surface area contributed by atoms with Gasteiger partial charge in [-0.25, -0.2) is 4.79 Å². The maximum atomic E-state index is 11.1. The molecular formula is C13H12N2O4S. The van der Waals surface area contributed by atoms with E-state index in [1.165, 1.54) is 6.07 Å². The lowest BCUT2D eigenvalue weighted by Crippen LogP contribution is -1.98. The van der Waals surface area contributed by atoms with Crippen LogP contribution in [0.15, 0.2) is 18.2 Å². The summed E-state index contributed by atoms with van der Waals surface area (Å²) in [6.45, 7) is 3.48. The molecule has 0 unspecified atom stereocenters. The van der Waals surface area contributed by atoms with Gasteiger partial charge in [0.25, 0.3) is 5.69 Å². The number of hydrogen-bond donors (Lipinski definition) is 2. The van der Waals surface area contributed by atoms with Crippen LogP contribution >= 0.6 is 11.3 Å². The molecule has 2 rings (SSSR count). The lowest BCUT2D eigenvalue weighted by Gasteiger charge is -2.03. The molecule has 0 aliphatic rings. The van der Waals surface area contributed by atoms with Crippen LogP contribution in [0.25, 0.3) is 10.4 Å². The molecule has 7 heteroatoms. The van der Waals surface area contributed by atoms with Crippen LogP contribution in [0.1, 0.15) is 20.8 Å². The van der Waals surface area contributed by atoms with Crippen LogP contribution < -0.4 is 5.73 Å². The number of nitrogen functional groups attached to an aromatic ring is 1. The topological polar surface area (TPSA) is 106 Å². The van der Waals surface area contributed by atoms with Gasteiger partial charge >= 0.3 is 5.97 Å². The number of benzene rings is 1. The zero-order valence-electron chi connectivity index (χ0n) is 10.8. The quantitative estimate of drug-likeness (QED) is 0.667. The number of nitro groups is 1. The first-order valence-electron chi connectivity index (χ1n) is 5.70. The number of carboxylic acid groups (broad SMARTS) is 1. The molecule has 0 atom stereocenters. The first kappa shape index (κ1) is 14.0. The monoisotopic (exact) mass is 292 g/mol. The molecule has 1 aromatic carbocycles. The third-order valence-corrected chi connectivity index (χ3v) is 4.31. The second-order valence-electron chi connectivity index (χ2n) is 4.38. The number of thiophene rings is 1. The summed E-state index contributed by atoms with van der Waals surface area (Å²) in [6.07, 6.45) is 0. The van der Waals surface area contributed by atoms with Crippen molar-refractivity contribution in [1.29, 1.82) is 0 Å². The number of hydrogen-bond acceptors (Lipinski definition) is 5. The average Bonchev–Trinajstić information content (AvgIpc) is 2.66. The summed E-state index contributed by atoms with van der Waals surface area (Å²) in [7, 11) is 0. The number of nitrogens with two attached hydrogens (primary N) is 1. The van der Waals surface area contributed by atoms with Crippen molar-refractivity contribution in [3.63, 3.8) is 0 Å². The zero-order chi connectivity index (χ0) is 15.0. The molecule has 1 heterocycles. The third kappa shape index (κ3) is 2.23. The number of anilines is 1. The van der Waals surface area contributed by atoms with Crippen molar-refractivity contribution in [2.45, 2.75) is 13.8 Å². The van der Waals surface area contributed by atoms with Gasteiger partial charge in [0.1, 0.15) is 4.88 Å². The predicted molar refractivity (Wildman–Crippen MR) is 77.3 cm³/mol. The number of nitro benzene ring substituents is 1. The second-order valence-corrected chi connectivity index (χ2v) is 5.40. The van der Waals surface area contributed by atoms with E-state index in [0.717, 1.165) is 16.9 Å². The predicted octanol–water partition coefficient (Wildman–Crippen LogP) is 3.22. The first-order chi connectivity index (χ1) is 9.32. The summed E-state index contributed by atoms with van der Waals surface area (Å²) < 4.78 is 0. The summed E-state index contributed by atoms with van der Waals surface area (Å²) >= 11 is 0.959. The van der Waals surface area contributed by atoms with Crippen LogP contribution in [0, 0.1) is 24.0 Å². The highest BCUT2D eigenvalue weighted by molar-refractivity contribution is 7.18. The third-order valence-electron chi connectivity index (χ3n) is 2.98. The molecule has 0 aliphatic heterocycles. The van der Waals surface area contributed by atoms with E-state index in [0.29, 0.717) is 16.0 Å². The SMILES string of the molecule is Cc1ccc([N+](=O)[O-])c(-c2sc(C(=O)O)c(N)c2C)c1. The molecule has 0 fully saturated rings. The zero-order valence-corrected chi connectivity index (χ0v) is 11.7. The van der Waals surface area contributed by atoms with Gasteiger partial charge in [0, 0.05) is 10.9 Å². The van der Waals surface area contributed by atoms with E-state index >= 15 is 0 Å². The average molecular weight is 292 g/mol. The molecule has 2 aromatic rings. The molecule has 0 bridgehead atoms. The van der Waals surface area contributed by atoms with Crippen molar-refractivity contribution < 1.29 is 14.8 Å². The fourth-order valence-electron chi connectivity index (χ4n) is 1.93. The van der Waals surface area contributed by atoms with E-state index in [1.807, 2.05) is 6.92 Å². The lowest BCUT2D eigenvalue weighted by molar-refractivity contribution is -0.384. The van der Waals surface area contributed by atoms with Gasteiger partial charge in [-0.1, -0.05) is 6.07 Å². The number of carbonyl (C=O) groups is 1. The lowest BCUT2D eigenvalue weighted by atomic mass is 10.0. The number of aromatic carboxylic acids is 1. The Morgan fingerprint density at radius 2 is 2.05 bits per heavy atom. The number of carboxylic acids is 1. The van der Waals surface area contributed by atoms with Crippen LogP contribution in [-0.4, -0.2) is 16.0 Å². The Kier molecular flexibility index (Phi) is 3.46. The Hall–Kier alpha value is -2.41. The minimum Gasteiger partial charge on any atom is -0.477 e. The summed E-state index contributed by atoms with van der Waals surface area (Å²) in [4.78, 5) is 22.3. The van der Waals surface area contributed by atoms with Crippen LogP contribution in [0.4, 0.5) is 11.4 Å². The van der Waals surface area contributed by atoms with E-state index in [-0.39, 0.29) is 16.3 Å². The largest absolute Gasteiger partial charge is 0.477 e. The van der Waals surface area contributed by atoms with E-state index in [9.17, 15) is 14.9 Å². The summed E-state index contributed by atoms with van der Waals surface area (Å²) in [6, 6.07) is 4.73. The van der Waals surface area contributed by atoms with Crippen molar-refractivity contribution in [2.75, 3.05) is 5.73 Å². The van der Waals surface area contributed by atoms with Crippen LogP contribution in [-0.2, 0) is 0 Å². The van der Waals surface area contributed by atoms with Crippen molar-refractivity contribution in [3.05, 3.63) is 44.3 Å². The van der Waals surface area contributed by atoms with Crippen molar-refractivity contribution >= 4 is 28.7 Å². The minimum atomic E-state index is -1.13. The maximum Gasteiger partial charge on any atom is 0.348 e. The molecule has 0 spiro atoms. The van der Waals surface area contributed by atoms with E-state index in [1.54, 1.807) is 19.1 Å². The second kappa shape index (κ2) is 4.93. The van der Waals surface area contributed by atoms with E-state index in [4.69, 9.17) is 10.8 Å². The molecule has 20 heavy (non-hydrogen) atoms.